The summed E-state index contributed by atoms with van der Waals surface area (Å²) in [5.74, 6) is -0.716. The number of nitrogens with two attached hydrogens (primary N) is 1. The van der Waals surface area contributed by atoms with Crippen LogP contribution in [-0.4, -0.2) is 15.0 Å². The first kappa shape index (κ1) is 17.6. The Hall–Kier alpha value is -3.81. The highest BCUT2D eigenvalue weighted by Gasteiger charge is 2.13. The van der Waals surface area contributed by atoms with Crippen molar-refractivity contribution in [2.75, 3.05) is 16.4 Å². The van der Waals surface area contributed by atoms with E-state index in [0.717, 1.165) is 40.5 Å². The number of anilines is 5. The molecule has 4 rings (SSSR count). The van der Waals surface area contributed by atoms with Gasteiger partial charge in [-0.1, -0.05) is 18.2 Å². The summed E-state index contributed by atoms with van der Waals surface area (Å²) in [5, 5.41) is 6.82. The molecule has 0 aliphatic rings. The fourth-order valence-corrected chi connectivity index (χ4v) is 2.79. The van der Waals surface area contributed by atoms with Gasteiger partial charge in [-0.15, -0.1) is 0 Å². The Balaban J connectivity index is 1.70. The van der Waals surface area contributed by atoms with Crippen molar-refractivity contribution in [2.24, 2.45) is 0 Å². The number of hydrogen-bond acceptors (Lipinski definition) is 6. The highest BCUT2D eigenvalue weighted by Crippen LogP contribution is 2.31. The predicted octanol–water partition coefficient (Wildman–Crippen LogP) is 4.68. The van der Waals surface area contributed by atoms with Crippen LogP contribution in [0.2, 0.25) is 0 Å². The van der Waals surface area contributed by atoms with Gasteiger partial charge in [0.2, 0.25) is 0 Å². The Morgan fingerprint density at radius 1 is 0.893 bits per heavy atom. The van der Waals surface area contributed by atoms with Gasteiger partial charge in [-0.25, -0.2) is 18.7 Å². The normalized spacial score (nSPS) is 10.8. The number of aromatic nitrogens is 3. The first-order valence-electron chi connectivity index (χ1n) is 8.47. The molecule has 0 fully saturated rings. The van der Waals surface area contributed by atoms with E-state index in [1.807, 2.05) is 37.3 Å². The number of aryl methyl sites for hydroxylation is 1. The molecule has 140 valence electrons. The lowest BCUT2D eigenvalue weighted by Crippen LogP contribution is -2.06. The second-order valence-electron chi connectivity index (χ2n) is 6.19. The molecule has 0 bridgehead atoms. The van der Waals surface area contributed by atoms with Crippen molar-refractivity contribution in [1.82, 2.24) is 15.0 Å². The molecule has 0 saturated carbocycles. The molecule has 0 aliphatic heterocycles. The van der Waals surface area contributed by atoms with Gasteiger partial charge in [-0.2, -0.15) is 0 Å². The van der Waals surface area contributed by atoms with Crippen molar-refractivity contribution >= 4 is 39.6 Å². The summed E-state index contributed by atoms with van der Waals surface area (Å²) in [6.07, 6.45) is 1.28. The third-order valence-electron chi connectivity index (χ3n) is 4.18. The van der Waals surface area contributed by atoms with E-state index < -0.39 is 11.6 Å². The Labute approximate surface area is 159 Å². The Kier molecular flexibility index (Phi) is 4.44. The van der Waals surface area contributed by atoms with Crippen LogP contribution < -0.4 is 16.4 Å². The molecule has 2 aromatic carbocycles. The second kappa shape index (κ2) is 7.07. The fraction of sp³-hybridized carbons (Fsp3) is 0.0500. The lowest BCUT2D eigenvalue weighted by molar-refractivity contribution is 0.603. The monoisotopic (exact) mass is 378 g/mol. The van der Waals surface area contributed by atoms with E-state index in [1.165, 1.54) is 6.33 Å². The maximum atomic E-state index is 13.9. The molecule has 28 heavy (non-hydrogen) atoms. The summed E-state index contributed by atoms with van der Waals surface area (Å²) in [5.41, 5.74) is 8.61. The van der Waals surface area contributed by atoms with E-state index >= 15 is 0 Å². The summed E-state index contributed by atoms with van der Waals surface area (Å²) >= 11 is 0. The van der Waals surface area contributed by atoms with Crippen molar-refractivity contribution in [3.05, 3.63) is 72.2 Å². The minimum Gasteiger partial charge on any atom is -0.393 e. The fourth-order valence-electron chi connectivity index (χ4n) is 2.79. The molecule has 2 aromatic heterocycles. The highest BCUT2D eigenvalue weighted by atomic mass is 19.1. The number of benzene rings is 2. The molecule has 4 aromatic rings. The van der Waals surface area contributed by atoms with E-state index in [-0.39, 0.29) is 17.2 Å². The minimum atomic E-state index is -0.623. The molecule has 0 saturated heterocycles. The first-order valence-corrected chi connectivity index (χ1v) is 8.47. The largest absolute Gasteiger partial charge is 0.393 e. The predicted molar refractivity (Wildman–Crippen MR) is 106 cm³/mol. The third-order valence-corrected chi connectivity index (χ3v) is 4.18. The summed E-state index contributed by atoms with van der Waals surface area (Å²) in [7, 11) is 0. The molecule has 0 aliphatic carbocycles. The molecule has 2 heterocycles. The molecule has 0 amide bonds. The Morgan fingerprint density at radius 3 is 2.43 bits per heavy atom. The van der Waals surface area contributed by atoms with E-state index in [4.69, 9.17) is 5.73 Å². The summed E-state index contributed by atoms with van der Waals surface area (Å²) in [6, 6.07) is 12.7. The van der Waals surface area contributed by atoms with Crippen molar-refractivity contribution in [2.45, 2.75) is 6.92 Å². The van der Waals surface area contributed by atoms with Crippen LogP contribution in [0.25, 0.3) is 10.9 Å². The number of rotatable bonds is 4. The molecule has 0 spiro atoms. The van der Waals surface area contributed by atoms with Crippen LogP contribution in [0.1, 0.15) is 5.69 Å². The van der Waals surface area contributed by atoms with E-state index in [0.29, 0.717) is 5.82 Å². The third kappa shape index (κ3) is 3.39. The molecule has 0 atom stereocenters. The Bertz CT molecular complexity index is 1180. The van der Waals surface area contributed by atoms with Crippen LogP contribution in [0.4, 0.5) is 37.5 Å². The number of hydrogen-bond donors (Lipinski definition) is 3. The number of nitrogens with one attached hydrogen (secondary N) is 2. The van der Waals surface area contributed by atoms with Gasteiger partial charge in [0.15, 0.2) is 11.6 Å². The lowest BCUT2D eigenvalue weighted by atomic mass is 10.1. The highest BCUT2D eigenvalue weighted by molar-refractivity contribution is 5.93. The number of nitrogens with zero attached hydrogens (tertiary/aromatic N) is 3. The number of para-hydroxylation sites is 1. The quantitative estimate of drug-likeness (QED) is 0.478. The number of pyridine rings is 1. The molecule has 0 radical (unpaired) electrons. The maximum Gasteiger partial charge on any atom is 0.159 e. The van der Waals surface area contributed by atoms with Gasteiger partial charge in [-0.3, -0.25) is 4.98 Å². The number of fused-ring (bicyclic) bond motifs is 1. The van der Waals surface area contributed by atoms with Crippen molar-refractivity contribution < 1.29 is 8.78 Å². The zero-order chi connectivity index (χ0) is 19.7. The van der Waals surface area contributed by atoms with E-state index in [1.54, 1.807) is 0 Å². The van der Waals surface area contributed by atoms with Crippen molar-refractivity contribution in [1.29, 1.82) is 0 Å². The molecular formula is C20H16F2N6. The van der Waals surface area contributed by atoms with Crippen LogP contribution >= 0.6 is 0 Å². The number of nitrogen functional groups attached to an aromatic ring is 1. The standard InChI is InChI=1S/C20H16F2N6/c1-11-5-6-12-3-2-4-15(18(12)26-11)27-19-17(23)20(25-10-24-19)28-16-9-13(21)7-8-14(16)22/h2-10H,23H2,1H3,(H2,24,25,27,28). The molecular weight excluding hydrogens is 362 g/mol. The maximum absolute atomic E-state index is 13.9. The van der Waals surface area contributed by atoms with E-state index in [2.05, 4.69) is 25.6 Å². The van der Waals surface area contributed by atoms with Crippen LogP contribution in [0.15, 0.2) is 54.9 Å². The van der Waals surface area contributed by atoms with Crippen molar-refractivity contribution in [3.63, 3.8) is 0 Å². The molecule has 4 N–H and O–H groups in total. The van der Waals surface area contributed by atoms with Gasteiger partial charge in [0.1, 0.15) is 23.6 Å². The van der Waals surface area contributed by atoms with Gasteiger partial charge in [0.25, 0.3) is 0 Å². The summed E-state index contributed by atoms with van der Waals surface area (Å²) in [6.45, 7) is 1.91. The first-order chi connectivity index (χ1) is 13.5. The SMILES string of the molecule is Cc1ccc2cccc(Nc3ncnc(Nc4cc(F)ccc4F)c3N)c2n1. The molecule has 0 unspecified atom stereocenters. The second-order valence-corrected chi connectivity index (χ2v) is 6.19. The van der Waals surface area contributed by atoms with Gasteiger partial charge in [0, 0.05) is 17.1 Å². The van der Waals surface area contributed by atoms with Crippen LogP contribution in [-0.2, 0) is 0 Å². The van der Waals surface area contributed by atoms with Crippen LogP contribution in [0.3, 0.4) is 0 Å². The topological polar surface area (TPSA) is 88.8 Å². The average Bonchev–Trinajstić information content (AvgIpc) is 2.68. The minimum absolute atomic E-state index is 0.0706. The average molecular weight is 378 g/mol. The zero-order valence-electron chi connectivity index (χ0n) is 14.9. The van der Waals surface area contributed by atoms with Gasteiger partial charge in [0.05, 0.1) is 16.9 Å². The molecule has 8 heteroatoms. The zero-order valence-corrected chi connectivity index (χ0v) is 14.9. The smallest absolute Gasteiger partial charge is 0.159 e. The van der Waals surface area contributed by atoms with Gasteiger partial charge >= 0.3 is 0 Å². The van der Waals surface area contributed by atoms with Gasteiger partial charge < -0.3 is 16.4 Å². The number of halogens is 2. The van der Waals surface area contributed by atoms with Crippen LogP contribution in [0.5, 0.6) is 0 Å². The lowest BCUT2D eigenvalue weighted by Gasteiger charge is -2.14. The van der Waals surface area contributed by atoms with Crippen molar-refractivity contribution in [3.8, 4) is 0 Å². The Morgan fingerprint density at radius 2 is 1.64 bits per heavy atom. The summed E-state index contributed by atoms with van der Waals surface area (Å²) in [4.78, 5) is 12.8. The van der Waals surface area contributed by atoms with E-state index in [9.17, 15) is 8.78 Å². The van der Waals surface area contributed by atoms with Crippen LogP contribution in [0, 0.1) is 18.6 Å². The summed E-state index contributed by atoms with van der Waals surface area (Å²) < 4.78 is 27.3. The van der Waals surface area contributed by atoms with Gasteiger partial charge in [-0.05, 0) is 31.2 Å². The molecule has 6 nitrogen and oxygen atoms in total.